The number of rotatable bonds is 7. The van der Waals surface area contributed by atoms with Crippen LogP contribution in [0.3, 0.4) is 0 Å². The average molecular weight is 439 g/mol. The molecule has 8 heteroatoms. The second-order valence-corrected chi connectivity index (χ2v) is 8.12. The van der Waals surface area contributed by atoms with Crippen LogP contribution in [0.15, 0.2) is 53.5 Å². The molecule has 0 spiro atoms. The number of amides is 2. The van der Waals surface area contributed by atoms with Crippen molar-refractivity contribution in [2.24, 2.45) is 4.99 Å². The molecule has 4 N–H and O–H groups in total. The number of anilines is 2. The van der Waals surface area contributed by atoms with Crippen LogP contribution in [-0.4, -0.2) is 51.3 Å². The van der Waals surface area contributed by atoms with E-state index in [1.807, 2.05) is 56.3 Å². The van der Waals surface area contributed by atoms with E-state index in [4.69, 9.17) is 4.74 Å². The molecule has 0 aromatic heterocycles. The lowest BCUT2D eigenvalue weighted by Gasteiger charge is -2.22. The molecule has 1 aliphatic heterocycles. The smallest absolute Gasteiger partial charge is 0.319 e. The second-order valence-electron chi connectivity index (χ2n) is 8.12. The van der Waals surface area contributed by atoms with Crippen LogP contribution in [0.25, 0.3) is 0 Å². The SMILES string of the molecule is CN=C(NCc1ccc(NC(=O)NC(C)C)cc1)NC1CCN(c2ccccc2OC)C1. The first-order valence-electron chi connectivity index (χ1n) is 11.0. The summed E-state index contributed by atoms with van der Waals surface area (Å²) in [6.45, 7) is 6.35. The molecule has 2 aromatic carbocycles. The molecular weight excluding hydrogens is 404 g/mol. The van der Waals surface area contributed by atoms with E-state index < -0.39 is 0 Å². The van der Waals surface area contributed by atoms with Crippen molar-refractivity contribution in [3.63, 3.8) is 0 Å². The fourth-order valence-electron chi connectivity index (χ4n) is 3.70. The molecule has 1 fully saturated rings. The van der Waals surface area contributed by atoms with E-state index in [-0.39, 0.29) is 12.1 Å². The van der Waals surface area contributed by atoms with Gasteiger partial charge in [-0.2, -0.15) is 0 Å². The number of benzene rings is 2. The maximum Gasteiger partial charge on any atom is 0.319 e. The van der Waals surface area contributed by atoms with E-state index in [2.05, 4.69) is 37.2 Å². The molecule has 32 heavy (non-hydrogen) atoms. The first-order chi connectivity index (χ1) is 15.5. The van der Waals surface area contributed by atoms with Crippen molar-refractivity contribution in [1.29, 1.82) is 0 Å². The first kappa shape index (κ1) is 23.2. The van der Waals surface area contributed by atoms with Crippen LogP contribution in [0.5, 0.6) is 5.75 Å². The van der Waals surface area contributed by atoms with E-state index in [0.29, 0.717) is 12.6 Å². The van der Waals surface area contributed by atoms with E-state index in [0.717, 1.165) is 48.2 Å². The first-order valence-corrected chi connectivity index (χ1v) is 11.0. The molecule has 1 unspecified atom stereocenters. The number of hydrogen-bond donors (Lipinski definition) is 4. The number of para-hydroxylation sites is 2. The molecular formula is C24H34N6O2. The van der Waals surface area contributed by atoms with Crippen LogP contribution in [0.1, 0.15) is 25.8 Å². The van der Waals surface area contributed by atoms with Gasteiger partial charge in [0.25, 0.3) is 0 Å². The molecule has 1 heterocycles. The van der Waals surface area contributed by atoms with Crippen LogP contribution >= 0.6 is 0 Å². The Morgan fingerprint density at radius 1 is 1.19 bits per heavy atom. The van der Waals surface area contributed by atoms with Gasteiger partial charge in [-0.15, -0.1) is 0 Å². The fraction of sp³-hybridized carbons (Fsp3) is 0.417. The van der Waals surface area contributed by atoms with Crippen LogP contribution < -0.4 is 30.9 Å². The number of ether oxygens (including phenoxy) is 1. The zero-order chi connectivity index (χ0) is 22.9. The maximum atomic E-state index is 11.8. The van der Waals surface area contributed by atoms with E-state index in [1.165, 1.54) is 0 Å². The van der Waals surface area contributed by atoms with Crippen molar-refractivity contribution >= 4 is 23.4 Å². The zero-order valence-corrected chi connectivity index (χ0v) is 19.3. The monoisotopic (exact) mass is 438 g/mol. The van der Waals surface area contributed by atoms with Crippen LogP contribution in [0.2, 0.25) is 0 Å². The molecule has 0 radical (unpaired) electrons. The third kappa shape index (κ3) is 6.54. The summed E-state index contributed by atoms with van der Waals surface area (Å²) in [5.41, 5.74) is 2.99. The summed E-state index contributed by atoms with van der Waals surface area (Å²) in [6, 6.07) is 16.1. The van der Waals surface area contributed by atoms with E-state index >= 15 is 0 Å². The van der Waals surface area contributed by atoms with Crippen molar-refractivity contribution in [2.75, 3.05) is 37.5 Å². The van der Waals surface area contributed by atoms with Gasteiger partial charge in [-0.3, -0.25) is 4.99 Å². The summed E-state index contributed by atoms with van der Waals surface area (Å²) in [7, 11) is 3.49. The van der Waals surface area contributed by atoms with Crippen molar-refractivity contribution in [3.8, 4) is 5.75 Å². The number of methoxy groups -OCH3 is 1. The summed E-state index contributed by atoms with van der Waals surface area (Å²) < 4.78 is 5.50. The molecule has 0 bridgehead atoms. The number of aliphatic imine (C=N–C) groups is 1. The van der Waals surface area contributed by atoms with Gasteiger partial charge in [-0.1, -0.05) is 24.3 Å². The Morgan fingerprint density at radius 3 is 2.62 bits per heavy atom. The Morgan fingerprint density at radius 2 is 1.94 bits per heavy atom. The Hall–Kier alpha value is -3.42. The lowest BCUT2D eigenvalue weighted by atomic mass is 10.2. The molecule has 1 aliphatic rings. The van der Waals surface area contributed by atoms with Crippen molar-refractivity contribution in [1.82, 2.24) is 16.0 Å². The molecule has 0 aliphatic carbocycles. The van der Waals surface area contributed by atoms with E-state index in [9.17, 15) is 4.79 Å². The summed E-state index contributed by atoms with van der Waals surface area (Å²) in [5.74, 6) is 1.67. The highest BCUT2D eigenvalue weighted by atomic mass is 16.5. The number of guanidine groups is 1. The molecule has 1 atom stereocenters. The molecule has 172 valence electrons. The largest absolute Gasteiger partial charge is 0.495 e. The van der Waals surface area contributed by atoms with Gasteiger partial charge in [0.2, 0.25) is 0 Å². The van der Waals surface area contributed by atoms with Crippen molar-refractivity contribution < 1.29 is 9.53 Å². The van der Waals surface area contributed by atoms with Gasteiger partial charge in [0, 0.05) is 44.5 Å². The van der Waals surface area contributed by atoms with Gasteiger partial charge in [0.1, 0.15) is 5.75 Å². The Labute approximate surface area is 190 Å². The van der Waals surface area contributed by atoms with E-state index in [1.54, 1.807) is 14.2 Å². The highest BCUT2D eigenvalue weighted by Gasteiger charge is 2.25. The summed E-state index contributed by atoms with van der Waals surface area (Å²) >= 11 is 0. The lowest BCUT2D eigenvalue weighted by molar-refractivity contribution is 0.250. The molecule has 2 aromatic rings. The normalized spacial score (nSPS) is 16.1. The summed E-state index contributed by atoms with van der Waals surface area (Å²) in [4.78, 5) is 18.5. The zero-order valence-electron chi connectivity index (χ0n) is 19.3. The third-order valence-corrected chi connectivity index (χ3v) is 5.27. The maximum absolute atomic E-state index is 11.8. The minimum Gasteiger partial charge on any atom is -0.495 e. The Balaban J connectivity index is 1.48. The van der Waals surface area contributed by atoms with Crippen LogP contribution in [0, 0.1) is 0 Å². The van der Waals surface area contributed by atoms with Gasteiger partial charge < -0.3 is 30.9 Å². The molecule has 0 saturated carbocycles. The number of carbonyl (C=O) groups excluding carboxylic acids is 1. The Kier molecular flexibility index (Phi) is 8.19. The summed E-state index contributed by atoms with van der Waals surface area (Å²) in [6.07, 6.45) is 1.03. The van der Waals surface area contributed by atoms with Gasteiger partial charge in [0.15, 0.2) is 5.96 Å². The molecule has 8 nitrogen and oxygen atoms in total. The van der Waals surface area contributed by atoms with Gasteiger partial charge in [0.05, 0.1) is 12.8 Å². The molecule has 2 amide bonds. The fourth-order valence-corrected chi connectivity index (χ4v) is 3.70. The third-order valence-electron chi connectivity index (χ3n) is 5.27. The molecule has 3 rings (SSSR count). The standard InChI is InChI=1S/C24H34N6O2/c1-17(2)27-24(31)29-19-11-9-18(10-12-19)15-26-23(25-3)28-20-13-14-30(16-20)21-7-5-6-8-22(21)32-4/h5-12,17,20H,13-16H2,1-4H3,(H2,25,26,28)(H2,27,29,31). The highest BCUT2D eigenvalue weighted by Crippen LogP contribution is 2.30. The van der Waals surface area contributed by atoms with Gasteiger partial charge >= 0.3 is 6.03 Å². The van der Waals surface area contributed by atoms with Crippen LogP contribution in [-0.2, 0) is 6.54 Å². The van der Waals surface area contributed by atoms with Crippen LogP contribution in [0.4, 0.5) is 16.2 Å². The van der Waals surface area contributed by atoms with Gasteiger partial charge in [-0.05, 0) is 50.1 Å². The Bertz CT molecular complexity index is 913. The topological polar surface area (TPSA) is 90.0 Å². The number of nitrogens with one attached hydrogen (secondary N) is 4. The predicted octanol–water partition coefficient (Wildman–Crippen LogP) is 3.17. The minimum absolute atomic E-state index is 0.0967. The summed E-state index contributed by atoms with van der Waals surface area (Å²) in [5, 5.41) is 12.5. The number of carbonyl (C=O) groups is 1. The van der Waals surface area contributed by atoms with Crippen molar-refractivity contribution in [3.05, 3.63) is 54.1 Å². The quantitative estimate of drug-likeness (QED) is 0.394. The highest BCUT2D eigenvalue weighted by molar-refractivity contribution is 5.89. The number of nitrogens with zero attached hydrogens (tertiary/aromatic N) is 2. The second kappa shape index (κ2) is 11.3. The van der Waals surface area contributed by atoms with Gasteiger partial charge in [-0.25, -0.2) is 4.79 Å². The predicted molar refractivity (Wildman–Crippen MR) is 131 cm³/mol. The van der Waals surface area contributed by atoms with Crippen molar-refractivity contribution in [2.45, 2.75) is 38.9 Å². The average Bonchev–Trinajstić information content (AvgIpc) is 3.25. The molecule has 1 saturated heterocycles. The number of hydrogen-bond acceptors (Lipinski definition) is 4. The lowest BCUT2D eigenvalue weighted by Crippen LogP contribution is -2.44. The minimum atomic E-state index is -0.200. The number of urea groups is 1.